The van der Waals surface area contributed by atoms with Gasteiger partial charge >= 0.3 is 0 Å². The van der Waals surface area contributed by atoms with Gasteiger partial charge in [0.25, 0.3) is 5.92 Å². The number of halogens is 2. The highest BCUT2D eigenvalue weighted by atomic mass is 19.3. The molecule has 1 saturated heterocycles. The molecular weight excluding hydrogens is 248 g/mol. The minimum Gasteiger partial charge on any atom is -0.321 e. The maximum absolute atomic E-state index is 13.8. The summed E-state index contributed by atoms with van der Waals surface area (Å²) in [5.41, 5.74) is 5.84. The summed E-state index contributed by atoms with van der Waals surface area (Å²) >= 11 is 0. The smallest absolute Gasteiger partial charge is 0.264 e. The van der Waals surface area contributed by atoms with E-state index >= 15 is 0 Å². The van der Waals surface area contributed by atoms with Crippen LogP contribution in [0.25, 0.3) is 0 Å². The van der Waals surface area contributed by atoms with Crippen LogP contribution >= 0.6 is 0 Å². The molecule has 0 unspecified atom stereocenters. The van der Waals surface area contributed by atoms with Crippen LogP contribution < -0.4 is 5.73 Å². The Bertz CT molecular complexity index is 309. The van der Waals surface area contributed by atoms with Crippen molar-refractivity contribution < 1.29 is 8.78 Å². The number of nitrogens with two attached hydrogens (primary N) is 1. The molecule has 2 N–H and O–H groups in total. The minimum atomic E-state index is -2.70. The Balaban J connectivity index is 2.02. The van der Waals surface area contributed by atoms with Gasteiger partial charge in [-0.3, -0.25) is 9.80 Å². The molecule has 0 aromatic rings. The van der Waals surface area contributed by atoms with Gasteiger partial charge in [-0.25, -0.2) is 8.78 Å². The van der Waals surface area contributed by atoms with Crippen molar-refractivity contribution in [2.45, 2.75) is 70.1 Å². The Morgan fingerprint density at radius 3 is 2.53 bits per heavy atom. The van der Waals surface area contributed by atoms with Crippen molar-refractivity contribution in [1.29, 1.82) is 0 Å². The zero-order valence-corrected chi connectivity index (χ0v) is 12.3. The fourth-order valence-electron chi connectivity index (χ4n) is 3.51. The fourth-order valence-corrected chi connectivity index (χ4v) is 3.51. The lowest BCUT2D eigenvalue weighted by Crippen LogP contribution is -2.65. The number of piperazine rings is 1. The molecule has 1 heterocycles. The Morgan fingerprint density at radius 2 is 1.95 bits per heavy atom. The second-order valence-electron chi connectivity index (χ2n) is 6.42. The average molecular weight is 275 g/mol. The molecule has 1 aliphatic heterocycles. The summed E-state index contributed by atoms with van der Waals surface area (Å²) in [5.74, 6) is -2.70. The van der Waals surface area contributed by atoms with Crippen molar-refractivity contribution in [3.8, 4) is 0 Å². The van der Waals surface area contributed by atoms with Gasteiger partial charge in [-0.2, -0.15) is 0 Å². The third-order valence-corrected chi connectivity index (χ3v) is 4.78. The monoisotopic (exact) mass is 275 g/mol. The van der Waals surface area contributed by atoms with Crippen molar-refractivity contribution in [3.05, 3.63) is 0 Å². The zero-order chi connectivity index (χ0) is 14.2. The van der Waals surface area contributed by atoms with Crippen LogP contribution in [0, 0.1) is 0 Å². The molecule has 2 rings (SSSR count). The van der Waals surface area contributed by atoms with Gasteiger partial charge in [0.2, 0.25) is 0 Å². The lowest BCUT2D eigenvalue weighted by atomic mass is 9.85. The normalized spacial score (nSPS) is 37.7. The van der Waals surface area contributed by atoms with E-state index in [1.807, 2.05) is 0 Å². The molecule has 0 bridgehead atoms. The maximum Gasteiger partial charge on any atom is 0.264 e. The topological polar surface area (TPSA) is 32.5 Å². The van der Waals surface area contributed by atoms with Gasteiger partial charge in [-0.1, -0.05) is 0 Å². The van der Waals surface area contributed by atoms with E-state index in [2.05, 4.69) is 30.6 Å². The van der Waals surface area contributed by atoms with E-state index in [1.54, 1.807) is 0 Å². The maximum atomic E-state index is 13.8. The lowest BCUT2D eigenvalue weighted by molar-refractivity contribution is -0.0964. The van der Waals surface area contributed by atoms with Gasteiger partial charge in [0, 0.05) is 44.2 Å². The molecule has 3 nitrogen and oxygen atoms in total. The van der Waals surface area contributed by atoms with Gasteiger partial charge in [-0.15, -0.1) is 0 Å². The Labute approximate surface area is 115 Å². The van der Waals surface area contributed by atoms with Crippen molar-refractivity contribution in [1.82, 2.24) is 9.80 Å². The molecule has 19 heavy (non-hydrogen) atoms. The summed E-state index contributed by atoms with van der Waals surface area (Å²) in [7, 11) is 0. The first-order chi connectivity index (χ1) is 8.83. The van der Waals surface area contributed by atoms with E-state index < -0.39 is 12.0 Å². The minimum absolute atomic E-state index is 0.0506. The summed E-state index contributed by atoms with van der Waals surface area (Å²) in [5, 5.41) is 0. The third-order valence-electron chi connectivity index (χ3n) is 4.78. The summed E-state index contributed by atoms with van der Waals surface area (Å²) in [6, 6.07) is -0.338. The van der Waals surface area contributed by atoms with Gasteiger partial charge < -0.3 is 5.73 Å². The van der Waals surface area contributed by atoms with Crippen LogP contribution in [0.15, 0.2) is 0 Å². The number of hydrogen-bond donors (Lipinski definition) is 1. The molecule has 0 spiro atoms. The van der Waals surface area contributed by atoms with Crippen LogP contribution in [0.3, 0.4) is 0 Å². The highest BCUT2D eigenvalue weighted by Gasteiger charge is 2.47. The number of alkyl halides is 2. The van der Waals surface area contributed by atoms with Gasteiger partial charge in [0.05, 0.1) is 6.04 Å². The summed E-state index contributed by atoms with van der Waals surface area (Å²) in [4.78, 5) is 4.63. The largest absolute Gasteiger partial charge is 0.321 e. The zero-order valence-electron chi connectivity index (χ0n) is 12.3. The molecule has 5 heteroatoms. The number of nitrogens with zero attached hydrogens (tertiary/aromatic N) is 2. The molecular formula is C14H27F2N3. The molecule has 0 radical (unpaired) electrons. The van der Waals surface area contributed by atoms with Crippen molar-refractivity contribution in [3.63, 3.8) is 0 Å². The molecule has 112 valence electrons. The first kappa shape index (κ1) is 15.1. The van der Waals surface area contributed by atoms with Gasteiger partial charge in [0.1, 0.15) is 0 Å². The summed E-state index contributed by atoms with van der Waals surface area (Å²) in [6.45, 7) is 9.26. The van der Waals surface area contributed by atoms with Crippen LogP contribution in [-0.4, -0.2) is 59.5 Å². The van der Waals surface area contributed by atoms with Crippen LogP contribution in [0.1, 0.15) is 40.0 Å². The first-order valence-electron chi connectivity index (χ1n) is 7.46. The standard InChI is InChI=1S/C14H27F2N3/c1-10(2)18-7-8-19(11(3)9-18)12-5-4-6-14(15,16)13(12)17/h10-13H,4-9,17H2,1-3H3/t11-,12+,13-/m1/s1. The summed E-state index contributed by atoms with van der Waals surface area (Å²) in [6.07, 6.45) is 1.34. The highest BCUT2D eigenvalue weighted by molar-refractivity contribution is 4.99. The Hall–Kier alpha value is -0.260. The quantitative estimate of drug-likeness (QED) is 0.835. The molecule has 1 saturated carbocycles. The van der Waals surface area contributed by atoms with Crippen LogP contribution in [0.4, 0.5) is 8.78 Å². The van der Waals surface area contributed by atoms with Crippen LogP contribution in [0.2, 0.25) is 0 Å². The van der Waals surface area contributed by atoms with E-state index in [0.717, 1.165) is 26.1 Å². The number of rotatable bonds is 2. The Morgan fingerprint density at radius 1 is 1.26 bits per heavy atom. The molecule has 0 aromatic carbocycles. The molecule has 2 fully saturated rings. The third kappa shape index (κ3) is 3.09. The predicted molar refractivity (Wildman–Crippen MR) is 73.4 cm³/mol. The van der Waals surface area contributed by atoms with Crippen molar-refractivity contribution >= 4 is 0 Å². The van der Waals surface area contributed by atoms with Crippen molar-refractivity contribution in [2.75, 3.05) is 19.6 Å². The van der Waals surface area contributed by atoms with E-state index in [0.29, 0.717) is 18.5 Å². The van der Waals surface area contributed by atoms with Crippen LogP contribution in [-0.2, 0) is 0 Å². The summed E-state index contributed by atoms with van der Waals surface area (Å²) < 4.78 is 27.5. The van der Waals surface area contributed by atoms with E-state index in [-0.39, 0.29) is 12.5 Å². The average Bonchev–Trinajstić information content (AvgIpc) is 2.33. The second kappa shape index (κ2) is 5.62. The van der Waals surface area contributed by atoms with Gasteiger partial charge in [-0.05, 0) is 33.6 Å². The fraction of sp³-hybridized carbons (Fsp3) is 1.00. The molecule has 0 amide bonds. The van der Waals surface area contributed by atoms with E-state index in [1.165, 1.54) is 0 Å². The van der Waals surface area contributed by atoms with E-state index in [4.69, 9.17) is 5.73 Å². The highest BCUT2D eigenvalue weighted by Crippen LogP contribution is 2.35. The van der Waals surface area contributed by atoms with Crippen molar-refractivity contribution in [2.24, 2.45) is 5.73 Å². The van der Waals surface area contributed by atoms with E-state index in [9.17, 15) is 8.78 Å². The predicted octanol–water partition coefficient (Wildman–Crippen LogP) is 1.92. The first-order valence-corrected chi connectivity index (χ1v) is 7.46. The molecule has 0 aromatic heterocycles. The molecule has 2 aliphatic rings. The molecule has 3 atom stereocenters. The number of hydrogen-bond acceptors (Lipinski definition) is 3. The Kier molecular flexibility index (Phi) is 4.48. The SMILES string of the molecule is CC(C)N1CCN([C@H]2CCCC(F)(F)[C@@H]2N)[C@H](C)C1. The molecule has 1 aliphatic carbocycles. The lowest BCUT2D eigenvalue weighted by Gasteiger charge is -2.49. The van der Waals surface area contributed by atoms with Gasteiger partial charge in [0.15, 0.2) is 0 Å². The van der Waals surface area contributed by atoms with Crippen LogP contribution in [0.5, 0.6) is 0 Å². The second-order valence-corrected chi connectivity index (χ2v) is 6.42.